The van der Waals surface area contributed by atoms with E-state index in [0.29, 0.717) is 12.3 Å². The number of β-amino-alcohol motifs (C(OH)–C–C–N with tert-alkyl or cyclic N) is 1. The van der Waals surface area contributed by atoms with Crippen molar-refractivity contribution in [3.8, 4) is 11.5 Å². The zero-order valence-electron chi connectivity index (χ0n) is 11.0. The predicted molar refractivity (Wildman–Crippen MR) is 69.4 cm³/mol. The molecular weight excluding hydrogens is 246 g/mol. The van der Waals surface area contributed by atoms with Crippen LogP contribution in [0.1, 0.15) is 18.6 Å². The number of nitrogens with zero attached hydrogens (tertiary/aromatic N) is 1. The summed E-state index contributed by atoms with van der Waals surface area (Å²) in [6.07, 6.45) is -0.280. The third kappa shape index (κ3) is 2.83. The van der Waals surface area contributed by atoms with E-state index in [1.165, 1.54) is 0 Å². The number of aliphatic hydroxyl groups is 1. The van der Waals surface area contributed by atoms with Gasteiger partial charge in [-0.2, -0.15) is 0 Å². The predicted octanol–water partition coefficient (Wildman–Crippen LogP) is 1.17. The summed E-state index contributed by atoms with van der Waals surface area (Å²) >= 11 is 0. The lowest BCUT2D eigenvalue weighted by molar-refractivity contribution is -0.0319. The second kappa shape index (κ2) is 5.36. The zero-order chi connectivity index (χ0) is 13.2. The summed E-state index contributed by atoms with van der Waals surface area (Å²) in [5.74, 6) is 1.46. The third-order valence-corrected chi connectivity index (χ3v) is 3.54. The van der Waals surface area contributed by atoms with Crippen molar-refractivity contribution >= 4 is 0 Å². The van der Waals surface area contributed by atoms with Crippen LogP contribution in [0, 0.1) is 0 Å². The fourth-order valence-electron chi connectivity index (χ4n) is 2.53. The highest BCUT2D eigenvalue weighted by Crippen LogP contribution is 2.34. The van der Waals surface area contributed by atoms with Gasteiger partial charge in [-0.25, -0.2) is 0 Å². The lowest BCUT2D eigenvalue weighted by atomic mass is 10.1. The van der Waals surface area contributed by atoms with Crippen LogP contribution in [0.25, 0.3) is 0 Å². The highest BCUT2D eigenvalue weighted by atomic mass is 16.7. The first-order chi connectivity index (χ1) is 9.22. The van der Waals surface area contributed by atoms with Gasteiger partial charge in [0.15, 0.2) is 11.5 Å². The molecule has 1 saturated heterocycles. The number of morpholine rings is 1. The molecule has 104 valence electrons. The van der Waals surface area contributed by atoms with Crippen LogP contribution in [-0.2, 0) is 4.74 Å². The van der Waals surface area contributed by atoms with Crippen LogP contribution in [-0.4, -0.2) is 49.1 Å². The van der Waals surface area contributed by atoms with Crippen molar-refractivity contribution in [1.29, 1.82) is 0 Å². The summed E-state index contributed by atoms with van der Waals surface area (Å²) in [4.78, 5) is 2.23. The van der Waals surface area contributed by atoms with Gasteiger partial charge in [-0.1, -0.05) is 6.07 Å². The number of hydrogen-bond donors (Lipinski definition) is 1. The number of aliphatic hydroxyl groups excluding tert-OH is 1. The zero-order valence-corrected chi connectivity index (χ0v) is 11.0. The van der Waals surface area contributed by atoms with Gasteiger partial charge in [0.05, 0.1) is 18.8 Å². The average Bonchev–Trinajstić information content (AvgIpc) is 2.85. The van der Waals surface area contributed by atoms with Gasteiger partial charge >= 0.3 is 0 Å². The third-order valence-electron chi connectivity index (χ3n) is 3.54. The number of rotatable bonds is 3. The van der Waals surface area contributed by atoms with Crippen LogP contribution in [0.5, 0.6) is 11.5 Å². The molecule has 0 spiro atoms. The Balaban J connectivity index is 1.65. The second-order valence-electron chi connectivity index (χ2n) is 5.07. The maximum Gasteiger partial charge on any atom is 0.231 e. The lowest BCUT2D eigenvalue weighted by Crippen LogP contribution is -2.42. The van der Waals surface area contributed by atoms with E-state index in [0.717, 1.165) is 31.0 Å². The van der Waals surface area contributed by atoms with E-state index >= 15 is 0 Å². The molecule has 0 amide bonds. The van der Waals surface area contributed by atoms with Gasteiger partial charge in [0.1, 0.15) is 0 Å². The maximum absolute atomic E-state index is 10.3. The van der Waals surface area contributed by atoms with E-state index < -0.39 is 6.10 Å². The summed E-state index contributed by atoms with van der Waals surface area (Å²) in [6, 6.07) is 5.60. The summed E-state index contributed by atoms with van der Waals surface area (Å²) in [5.41, 5.74) is 0.864. The minimum atomic E-state index is -0.514. The van der Waals surface area contributed by atoms with Gasteiger partial charge in [-0.3, -0.25) is 4.90 Å². The van der Waals surface area contributed by atoms with Gasteiger partial charge in [0, 0.05) is 19.6 Å². The van der Waals surface area contributed by atoms with E-state index in [1.54, 1.807) is 0 Å². The average molecular weight is 265 g/mol. The number of fused-ring (bicyclic) bond motifs is 1. The van der Waals surface area contributed by atoms with E-state index in [-0.39, 0.29) is 12.9 Å². The van der Waals surface area contributed by atoms with Gasteiger partial charge in [0.25, 0.3) is 0 Å². The van der Waals surface area contributed by atoms with Crippen LogP contribution >= 0.6 is 0 Å². The molecule has 1 aromatic carbocycles. The van der Waals surface area contributed by atoms with Gasteiger partial charge in [0.2, 0.25) is 6.79 Å². The fraction of sp³-hybridized carbons (Fsp3) is 0.571. The highest BCUT2D eigenvalue weighted by Gasteiger charge is 2.21. The Hall–Kier alpha value is -1.30. The van der Waals surface area contributed by atoms with Crippen molar-refractivity contribution in [3.63, 3.8) is 0 Å². The Morgan fingerprint density at radius 3 is 3.05 bits per heavy atom. The minimum Gasteiger partial charge on any atom is -0.454 e. The molecule has 0 bridgehead atoms. The molecule has 1 aromatic rings. The first-order valence-electron chi connectivity index (χ1n) is 6.64. The second-order valence-corrected chi connectivity index (χ2v) is 5.07. The van der Waals surface area contributed by atoms with Gasteiger partial charge in [-0.05, 0) is 24.6 Å². The molecule has 0 aromatic heterocycles. The summed E-state index contributed by atoms with van der Waals surface area (Å²) in [7, 11) is 0. The molecule has 0 saturated carbocycles. The topological polar surface area (TPSA) is 51.2 Å². The van der Waals surface area contributed by atoms with Crippen LogP contribution in [0.15, 0.2) is 18.2 Å². The van der Waals surface area contributed by atoms with Crippen LogP contribution in [0.2, 0.25) is 0 Å². The van der Waals surface area contributed by atoms with Crippen molar-refractivity contribution in [2.45, 2.75) is 19.1 Å². The van der Waals surface area contributed by atoms with Crippen LogP contribution in [0.3, 0.4) is 0 Å². The molecule has 0 radical (unpaired) electrons. The van der Waals surface area contributed by atoms with Crippen molar-refractivity contribution in [2.24, 2.45) is 0 Å². The van der Waals surface area contributed by atoms with E-state index in [9.17, 15) is 5.11 Å². The Kier molecular flexibility index (Phi) is 3.59. The minimum absolute atomic E-state index is 0.234. The molecule has 5 heteroatoms. The molecule has 2 aliphatic heterocycles. The summed E-state index contributed by atoms with van der Waals surface area (Å²) < 4.78 is 16.1. The standard InChI is InChI=1S/C14H19NO4/c1-10-7-15(4-5-17-10)8-12(16)11-2-3-13-14(6-11)19-9-18-13/h2-3,6,10,12,16H,4-5,7-9H2,1H3. The smallest absolute Gasteiger partial charge is 0.231 e. The molecule has 3 rings (SSSR count). The highest BCUT2D eigenvalue weighted by molar-refractivity contribution is 5.45. The van der Waals surface area contributed by atoms with Crippen LogP contribution in [0.4, 0.5) is 0 Å². The van der Waals surface area contributed by atoms with Crippen molar-refractivity contribution in [2.75, 3.05) is 33.0 Å². The van der Waals surface area contributed by atoms with Crippen LogP contribution < -0.4 is 9.47 Å². The van der Waals surface area contributed by atoms with Crippen molar-refractivity contribution in [3.05, 3.63) is 23.8 Å². The van der Waals surface area contributed by atoms with E-state index in [4.69, 9.17) is 14.2 Å². The summed E-state index contributed by atoms with van der Waals surface area (Å²) in [5, 5.41) is 10.3. The Bertz CT molecular complexity index is 451. The molecular formula is C14H19NO4. The number of ether oxygens (including phenoxy) is 3. The lowest BCUT2D eigenvalue weighted by Gasteiger charge is -2.32. The molecule has 2 unspecified atom stereocenters. The van der Waals surface area contributed by atoms with Gasteiger partial charge < -0.3 is 19.3 Å². The molecule has 2 heterocycles. The first kappa shape index (κ1) is 12.7. The maximum atomic E-state index is 10.3. The normalized spacial score (nSPS) is 24.4. The molecule has 19 heavy (non-hydrogen) atoms. The first-order valence-corrected chi connectivity index (χ1v) is 6.64. The van der Waals surface area contributed by atoms with Crippen molar-refractivity contribution in [1.82, 2.24) is 4.90 Å². The van der Waals surface area contributed by atoms with E-state index in [1.807, 2.05) is 18.2 Å². The molecule has 2 atom stereocenters. The molecule has 2 aliphatic rings. The summed E-state index contributed by atoms with van der Waals surface area (Å²) in [6.45, 7) is 5.39. The monoisotopic (exact) mass is 265 g/mol. The molecule has 1 fully saturated rings. The Morgan fingerprint density at radius 2 is 2.21 bits per heavy atom. The fourth-order valence-corrected chi connectivity index (χ4v) is 2.53. The van der Waals surface area contributed by atoms with E-state index in [2.05, 4.69) is 11.8 Å². The largest absolute Gasteiger partial charge is 0.454 e. The molecule has 5 nitrogen and oxygen atoms in total. The van der Waals surface area contributed by atoms with Gasteiger partial charge in [-0.15, -0.1) is 0 Å². The Labute approximate surface area is 112 Å². The Morgan fingerprint density at radius 1 is 1.37 bits per heavy atom. The van der Waals surface area contributed by atoms with Crippen molar-refractivity contribution < 1.29 is 19.3 Å². The molecule has 0 aliphatic carbocycles. The number of hydrogen-bond acceptors (Lipinski definition) is 5. The SMILES string of the molecule is CC1CN(CC(O)c2ccc3c(c2)OCO3)CCO1. The number of benzene rings is 1. The quantitative estimate of drug-likeness (QED) is 0.889. The molecule has 1 N–H and O–H groups in total.